The van der Waals surface area contributed by atoms with Crippen molar-refractivity contribution in [1.82, 2.24) is 0 Å². The smallest absolute Gasteiger partial charge is 0.338 e. The lowest BCUT2D eigenvalue weighted by molar-refractivity contribution is -0.117. The van der Waals surface area contributed by atoms with Gasteiger partial charge >= 0.3 is 5.97 Å². The van der Waals surface area contributed by atoms with Crippen LogP contribution >= 0.6 is 11.3 Å². The zero-order valence-corrected chi connectivity index (χ0v) is 13.2. The van der Waals surface area contributed by atoms with E-state index in [4.69, 9.17) is 0 Å². The van der Waals surface area contributed by atoms with Crippen molar-refractivity contribution in [2.24, 2.45) is 0 Å². The van der Waals surface area contributed by atoms with E-state index < -0.39 is 5.97 Å². The Bertz CT molecular complexity index is 708. The lowest BCUT2D eigenvalue weighted by Crippen LogP contribution is -2.26. The van der Waals surface area contributed by atoms with Crippen LogP contribution in [0.15, 0.2) is 29.0 Å². The topological polar surface area (TPSA) is 77.8 Å². The molecule has 0 atom stereocenters. The summed E-state index contributed by atoms with van der Waals surface area (Å²) < 4.78 is 0. The van der Waals surface area contributed by atoms with Crippen LogP contribution in [0.25, 0.3) is 0 Å². The van der Waals surface area contributed by atoms with Gasteiger partial charge in [0.1, 0.15) is 5.75 Å². The van der Waals surface area contributed by atoms with Crippen LogP contribution in [-0.4, -0.2) is 22.1 Å². The molecule has 2 N–H and O–H groups in total. The van der Waals surface area contributed by atoms with E-state index in [-0.39, 0.29) is 17.2 Å². The fourth-order valence-electron chi connectivity index (χ4n) is 2.15. The van der Waals surface area contributed by atoms with Crippen LogP contribution < -0.4 is 4.90 Å². The number of carboxylic acids is 1. The van der Waals surface area contributed by atoms with Gasteiger partial charge in [-0.2, -0.15) is 0 Å². The second-order valence-corrected chi connectivity index (χ2v) is 5.67. The maximum absolute atomic E-state index is 12.5. The molecule has 2 aromatic rings. The first-order valence-corrected chi connectivity index (χ1v) is 7.82. The summed E-state index contributed by atoms with van der Waals surface area (Å²) in [5.74, 6) is -1.11. The Kier molecular flexibility index (Phi) is 4.82. The minimum Gasteiger partial charge on any atom is -0.508 e. The van der Waals surface area contributed by atoms with Gasteiger partial charge in [0.2, 0.25) is 5.91 Å². The van der Waals surface area contributed by atoms with Gasteiger partial charge in [0.25, 0.3) is 0 Å². The first kappa shape index (κ1) is 16.0. The number of thiophene rings is 1. The summed E-state index contributed by atoms with van der Waals surface area (Å²) in [6.45, 7) is 3.62. The van der Waals surface area contributed by atoms with Crippen molar-refractivity contribution in [2.45, 2.75) is 26.7 Å². The number of benzene rings is 1. The van der Waals surface area contributed by atoms with E-state index in [1.54, 1.807) is 24.4 Å². The molecule has 2 rings (SSSR count). The van der Waals surface area contributed by atoms with Gasteiger partial charge in [0.05, 0.1) is 11.3 Å². The molecule has 0 spiro atoms. The third-order valence-electron chi connectivity index (χ3n) is 3.26. The molecule has 116 valence electrons. The predicted octanol–water partition coefficient (Wildman–Crippen LogP) is 3.93. The van der Waals surface area contributed by atoms with Gasteiger partial charge < -0.3 is 10.2 Å². The first-order valence-electron chi connectivity index (χ1n) is 6.87. The number of phenolic OH excluding ortho intramolecular Hbond substituents is 1. The fourth-order valence-corrected chi connectivity index (χ4v) is 2.93. The lowest BCUT2D eigenvalue weighted by atomic mass is 10.1. The first-order chi connectivity index (χ1) is 10.5. The van der Waals surface area contributed by atoms with Crippen molar-refractivity contribution in [2.75, 3.05) is 4.90 Å². The van der Waals surface area contributed by atoms with Gasteiger partial charge in [0, 0.05) is 22.9 Å². The van der Waals surface area contributed by atoms with Crippen molar-refractivity contribution >= 4 is 34.6 Å². The van der Waals surface area contributed by atoms with Crippen molar-refractivity contribution in [3.05, 3.63) is 40.1 Å². The molecule has 0 aliphatic heterocycles. The Morgan fingerprint density at radius 1 is 1.27 bits per heavy atom. The number of hydrogen-bond donors (Lipinski definition) is 2. The molecule has 1 aromatic heterocycles. The lowest BCUT2D eigenvalue weighted by Gasteiger charge is -2.23. The van der Waals surface area contributed by atoms with Crippen LogP contribution in [0.1, 0.15) is 35.7 Å². The molecule has 0 saturated carbocycles. The molecule has 5 nitrogen and oxygen atoms in total. The van der Waals surface area contributed by atoms with Gasteiger partial charge in [-0.3, -0.25) is 9.69 Å². The molecule has 22 heavy (non-hydrogen) atoms. The van der Waals surface area contributed by atoms with Gasteiger partial charge in [-0.25, -0.2) is 4.79 Å². The van der Waals surface area contributed by atoms with E-state index in [1.807, 2.05) is 6.92 Å². The maximum Gasteiger partial charge on any atom is 0.338 e. The molecule has 0 unspecified atom stereocenters. The van der Waals surface area contributed by atoms with E-state index in [0.717, 1.165) is 0 Å². The van der Waals surface area contributed by atoms with Crippen LogP contribution in [0.4, 0.5) is 11.4 Å². The Labute approximate surface area is 132 Å². The van der Waals surface area contributed by atoms with Crippen LogP contribution in [0.5, 0.6) is 5.75 Å². The zero-order chi connectivity index (χ0) is 16.3. The van der Waals surface area contributed by atoms with Crippen molar-refractivity contribution in [3.8, 4) is 5.75 Å². The molecule has 1 amide bonds. The van der Waals surface area contributed by atoms with Gasteiger partial charge in [-0.05, 0) is 37.1 Å². The quantitative estimate of drug-likeness (QED) is 0.875. The van der Waals surface area contributed by atoms with Gasteiger partial charge in [-0.1, -0.05) is 6.92 Å². The molecular weight excluding hydrogens is 302 g/mol. The minimum absolute atomic E-state index is 0.0974. The second kappa shape index (κ2) is 6.62. The zero-order valence-electron chi connectivity index (χ0n) is 12.4. The molecule has 0 bridgehead atoms. The van der Waals surface area contributed by atoms with E-state index in [2.05, 4.69) is 0 Å². The monoisotopic (exact) mass is 319 g/mol. The summed E-state index contributed by atoms with van der Waals surface area (Å²) in [7, 11) is 0. The fraction of sp³-hybridized carbons (Fsp3) is 0.250. The van der Waals surface area contributed by atoms with E-state index in [9.17, 15) is 19.8 Å². The highest BCUT2D eigenvalue weighted by Gasteiger charge is 2.24. The summed E-state index contributed by atoms with van der Waals surface area (Å²) in [5.41, 5.74) is 1.63. The number of hydrogen-bond acceptors (Lipinski definition) is 4. The van der Waals surface area contributed by atoms with E-state index in [1.165, 1.54) is 27.7 Å². The predicted molar refractivity (Wildman–Crippen MR) is 86.2 cm³/mol. The number of phenols is 1. The maximum atomic E-state index is 12.5. The highest BCUT2D eigenvalue weighted by Crippen LogP contribution is 2.34. The van der Waals surface area contributed by atoms with Crippen LogP contribution in [-0.2, 0) is 4.79 Å². The molecule has 1 heterocycles. The number of carbonyl (C=O) groups is 2. The average Bonchev–Trinajstić information content (AvgIpc) is 2.92. The molecule has 0 aliphatic carbocycles. The van der Waals surface area contributed by atoms with Gasteiger partial charge in [-0.15, -0.1) is 11.3 Å². The molecule has 0 aliphatic rings. The summed E-state index contributed by atoms with van der Waals surface area (Å²) in [5, 5.41) is 22.1. The Morgan fingerprint density at radius 2 is 2.00 bits per heavy atom. The van der Waals surface area contributed by atoms with Crippen molar-refractivity contribution < 1.29 is 19.8 Å². The number of aromatic hydroxyl groups is 1. The molecule has 0 radical (unpaired) electrons. The highest BCUT2D eigenvalue weighted by molar-refractivity contribution is 7.08. The highest BCUT2D eigenvalue weighted by atomic mass is 32.1. The third kappa shape index (κ3) is 3.12. The summed E-state index contributed by atoms with van der Waals surface area (Å²) in [4.78, 5) is 25.2. The summed E-state index contributed by atoms with van der Waals surface area (Å²) in [6.07, 6.45) is 0.980. The van der Waals surface area contributed by atoms with E-state index >= 15 is 0 Å². The number of nitrogens with zero attached hydrogens (tertiary/aromatic N) is 1. The molecular formula is C16H17NO4S. The standard InChI is InChI=1S/C16H17NO4S/c1-3-4-15(19)17(11-5-6-14(18)10(2)7-11)13-9-22-8-12(13)16(20)21/h5-9,18H,3-4H2,1-2H3,(H,20,21). The number of anilines is 2. The summed E-state index contributed by atoms with van der Waals surface area (Å²) >= 11 is 1.24. The SMILES string of the molecule is CCCC(=O)N(c1ccc(O)c(C)c1)c1cscc1C(=O)O. The average molecular weight is 319 g/mol. The van der Waals surface area contributed by atoms with Gasteiger partial charge in [0.15, 0.2) is 0 Å². The summed E-state index contributed by atoms with van der Waals surface area (Å²) in [6, 6.07) is 4.79. The number of amides is 1. The van der Waals surface area contributed by atoms with Crippen molar-refractivity contribution in [1.29, 1.82) is 0 Å². The number of aromatic carboxylic acids is 1. The second-order valence-electron chi connectivity index (χ2n) is 4.93. The van der Waals surface area contributed by atoms with Crippen LogP contribution in [0.2, 0.25) is 0 Å². The Morgan fingerprint density at radius 3 is 2.59 bits per heavy atom. The normalized spacial score (nSPS) is 10.5. The molecule has 1 aromatic carbocycles. The number of carboxylic acid groups (broad SMARTS) is 1. The number of rotatable bonds is 5. The van der Waals surface area contributed by atoms with Crippen LogP contribution in [0, 0.1) is 6.92 Å². The van der Waals surface area contributed by atoms with Crippen molar-refractivity contribution in [3.63, 3.8) is 0 Å². The molecule has 0 saturated heterocycles. The molecule has 6 heteroatoms. The van der Waals surface area contributed by atoms with E-state index in [0.29, 0.717) is 29.8 Å². The number of carbonyl (C=O) groups excluding carboxylic acids is 1. The Hall–Kier alpha value is -2.34. The third-order valence-corrected chi connectivity index (χ3v) is 4.00. The van der Waals surface area contributed by atoms with Crippen LogP contribution in [0.3, 0.4) is 0 Å². The number of aryl methyl sites for hydroxylation is 1. The molecule has 0 fully saturated rings. The Balaban J connectivity index is 2.55. The largest absolute Gasteiger partial charge is 0.508 e. The minimum atomic E-state index is -1.07.